The highest BCUT2D eigenvalue weighted by Crippen LogP contribution is 2.32. The van der Waals surface area contributed by atoms with Crippen LogP contribution in [0.4, 0.5) is 4.39 Å². The summed E-state index contributed by atoms with van der Waals surface area (Å²) in [5.74, 6) is 0.360. The Balaban J connectivity index is 1.69. The summed E-state index contributed by atoms with van der Waals surface area (Å²) in [4.78, 5) is 14.5. The summed E-state index contributed by atoms with van der Waals surface area (Å²) < 4.78 is 13.0. The molecule has 1 aromatic carbocycles. The molecule has 2 fully saturated rings. The molecule has 3 atom stereocenters. The van der Waals surface area contributed by atoms with E-state index in [4.69, 9.17) is 0 Å². The maximum atomic E-state index is 13.0. The van der Waals surface area contributed by atoms with E-state index >= 15 is 0 Å². The van der Waals surface area contributed by atoms with E-state index in [1.165, 1.54) is 12.1 Å². The van der Waals surface area contributed by atoms with Crippen molar-refractivity contribution >= 4 is 5.91 Å². The first-order valence-corrected chi connectivity index (χ1v) is 7.44. The van der Waals surface area contributed by atoms with Crippen LogP contribution in [0.2, 0.25) is 0 Å². The molecule has 108 valence electrons. The van der Waals surface area contributed by atoms with E-state index in [1.807, 2.05) is 17.0 Å². The lowest BCUT2D eigenvalue weighted by Gasteiger charge is -2.25. The quantitative estimate of drug-likeness (QED) is 0.899. The van der Waals surface area contributed by atoms with Gasteiger partial charge in [0.05, 0.1) is 6.04 Å². The Labute approximate surface area is 119 Å². The number of halogens is 1. The van der Waals surface area contributed by atoms with Crippen LogP contribution in [0.5, 0.6) is 0 Å². The van der Waals surface area contributed by atoms with Gasteiger partial charge in [-0.1, -0.05) is 12.1 Å². The molecule has 0 bridgehead atoms. The molecule has 2 aliphatic heterocycles. The second-order valence-corrected chi connectivity index (χ2v) is 5.97. The van der Waals surface area contributed by atoms with Crippen molar-refractivity contribution in [3.63, 3.8) is 0 Å². The molecule has 2 saturated heterocycles. The van der Waals surface area contributed by atoms with Gasteiger partial charge in [-0.05, 0) is 50.4 Å². The van der Waals surface area contributed by atoms with E-state index in [-0.39, 0.29) is 23.8 Å². The first kappa shape index (κ1) is 13.6. The second-order valence-electron chi connectivity index (χ2n) is 5.97. The van der Waals surface area contributed by atoms with Gasteiger partial charge in [0.2, 0.25) is 5.91 Å². The fourth-order valence-electron chi connectivity index (χ4n) is 3.41. The lowest BCUT2D eigenvalue weighted by Crippen LogP contribution is -2.45. The number of carbonyl (C=O) groups excluding carboxylic acids is 1. The van der Waals surface area contributed by atoms with Gasteiger partial charge in [0.1, 0.15) is 5.82 Å². The second kappa shape index (κ2) is 5.52. The third-order valence-electron chi connectivity index (χ3n) is 4.56. The Morgan fingerprint density at radius 1 is 1.35 bits per heavy atom. The highest BCUT2D eigenvalue weighted by molar-refractivity contribution is 5.82. The van der Waals surface area contributed by atoms with E-state index in [1.54, 1.807) is 0 Å². The molecule has 2 aliphatic rings. The van der Waals surface area contributed by atoms with Crippen LogP contribution in [0.1, 0.15) is 37.7 Å². The first-order valence-electron chi connectivity index (χ1n) is 7.44. The van der Waals surface area contributed by atoms with Crippen LogP contribution in [0.25, 0.3) is 0 Å². The predicted molar refractivity (Wildman–Crippen MR) is 76.0 cm³/mol. The Kier molecular flexibility index (Phi) is 3.74. The first-order chi connectivity index (χ1) is 9.65. The van der Waals surface area contributed by atoms with Crippen molar-refractivity contribution in [1.82, 2.24) is 10.2 Å². The largest absolute Gasteiger partial charge is 0.338 e. The number of likely N-dealkylation sites (tertiary alicyclic amines) is 1. The van der Waals surface area contributed by atoms with E-state index in [0.29, 0.717) is 5.92 Å². The van der Waals surface area contributed by atoms with Crippen molar-refractivity contribution in [3.8, 4) is 0 Å². The lowest BCUT2D eigenvalue weighted by atomic mass is 9.97. The van der Waals surface area contributed by atoms with E-state index in [0.717, 1.165) is 37.9 Å². The fraction of sp³-hybridized carbons (Fsp3) is 0.562. The Morgan fingerprint density at radius 3 is 2.75 bits per heavy atom. The molecule has 0 aliphatic carbocycles. The van der Waals surface area contributed by atoms with Crippen molar-refractivity contribution in [2.75, 3.05) is 13.1 Å². The summed E-state index contributed by atoms with van der Waals surface area (Å²) in [5.41, 5.74) is 1.13. The Bertz CT molecular complexity index is 482. The SMILES string of the molecule is C[C@@H]1C[C@H](c2ccc(F)cc2)CN1C(=O)[C@H]1CCCN1. The van der Waals surface area contributed by atoms with Crippen molar-refractivity contribution in [2.24, 2.45) is 0 Å². The Hall–Kier alpha value is -1.42. The van der Waals surface area contributed by atoms with E-state index in [9.17, 15) is 9.18 Å². The third kappa shape index (κ3) is 2.57. The topological polar surface area (TPSA) is 32.3 Å². The highest BCUT2D eigenvalue weighted by atomic mass is 19.1. The summed E-state index contributed by atoms with van der Waals surface area (Å²) in [5, 5.41) is 3.28. The molecule has 3 rings (SSSR count). The summed E-state index contributed by atoms with van der Waals surface area (Å²) >= 11 is 0. The van der Waals surface area contributed by atoms with Crippen LogP contribution in [-0.4, -0.2) is 36.0 Å². The van der Waals surface area contributed by atoms with Gasteiger partial charge in [0, 0.05) is 18.5 Å². The van der Waals surface area contributed by atoms with Gasteiger partial charge in [0.15, 0.2) is 0 Å². The van der Waals surface area contributed by atoms with Crippen LogP contribution in [0.3, 0.4) is 0 Å². The molecule has 2 heterocycles. The molecule has 0 unspecified atom stereocenters. The minimum atomic E-state index is -0.206. The summed E-state index contributed by atoms with van der Waals surface area (Å²) in [6, 6.07) is 6.96. The van der Waals surface area contributed by atoms with Gasteiger partial charge in [-0.15, -0.1) is 0 Å². The van der Waals surface area contributed by atoms with Crippen LogP contribution in [-0.2, 0) is 4.79 Å². The number of nitrogens with zero attached hydrogens (tertiary/aromatic N) is 1. The van der Waals surface area contributed by atoms with Crippen LogP contribution >= 0.6 is 0 Å². The molecular formula is C16H21FN2O. The van der Waals surface area contributed by atoms with Crippen LogP contribution in [0, 0.1) is 5.82 Å². The monoisotopic (exact) mass is 276 g/mol. The zero-order valence-corrected chi connectivity index (χ0v) is 11.8. The molecule has 0 spiro atoms. The molecule has 4 heteroatoms. The van der Waals surface area contributed by atoms with Crippen molar-refractivity contribution in [1.29, 1.82) is 0 Å². The third-order valence-corrected chi connectivity index (χ3v) is 4.56. The Morgan fingerprint density at radius 2 is 2.10 bits per heavy atom. The molecule has 20 heavy (non-hydrogen) atoms. The normalized spacial score (nSPS) is 29.9. The maximum absolute atomic E-state index is 13.0. The average Bonchev–Trinajstić information content (AvgIpc) is 3.08. The van der Waals surface area contributed by atoms with Crippen LogP contribution < -0.4 is 5.32 Å². The van der Waals surface area contributed by atoms with Gasteiger partial charge in [-0.25, -0.2) is 4.39 Å². The molecule has 3 nitrogen and oxygen atoms in total. The lowest BCUT2D eigenvalue weighted by molar-refractivity contribution is -0.133. The van der Waals surface area contributed by atoms with Crippen molar-refractivity contribution in [3.05, 3.63) is 35.6 Å². The summed E-state index contributed by atoms with van der Waals surface area (Å²) in [6.45, 7) is 3.81. The van der Waals surface area contributed by atoms with Gasteiger partial charge in [-0.2, -0.15) is 0 Å². The molecule has 0 saturated carbocycles. The number of carbonyl (C=O) groups is 1. The van der Waals surface area contributed by atoms with Crippen LogP contribution in [0.15, 0.2) is 24.3 Å². The molecule has 1 N–H and O–H groups in total. The summed E-state index contributed by atoms with van der Waals surface area (Å²) in [7, 11) is 0. The van der Waals surface area contributed by atoms with Crippen molar-refractivity contribution in [2.45, 2.75) is 44.2 Å². The van der Waals surface area contributed by atoms with Gasteiger partial charge in [0.25, 0.3) is 0 Å². The van der Waals surface area contributed by atoms with E-state index in [2.05, 4.69) is 12.2 Å². The maximum Gasteiger partial charge on any atom is 0.239 e. The minimum absolute atomic E-state index is 0.00409. The number of benzene rings is 1. The zero-order chi connectivity index (χ0) is 14.1. The molecular weight excluding hydrogens is 255 g/mol. The number of amides is 1. The van der Waals surface area contributed by atoms with Crippen molar-refractivity contribution < 1.29 is 9.18 Å². The average molecular weight is 276 g/mol. The predicted octanol–water partition coefficient (Wildman–Crippen LogP) is 2.28. The fourth-order valence-corrected chi connectivity index (χ4v) is 3.41. The van der Waals surface area contributed by atoms with Gasteiger partial charge < -0.3 is 10.2 Å². The molecule has 1 aromatic rings. The summed E-state index contributed by atoms with van der Waals surface area (Å²) in [6.07, 6.45) is 2.99. The minimum Gasteiger partial charge on any atom is -0.338 e. The molecule has 1 amide bonds. The zero-order valence-electron chi connectivity index (χ0n) is 11.8. The van der Waals surface area contributed by atoms with Gasteiger partial charge in [-0.3, -0.25) is 4.79 Å². The number of hydrogen-bond acceptors (Lipinski definition) is 2. The standard InChI is InChI=1S/C16H21FN2O/c1-11-9-13(12-4-6-14(17)7-5-12)10-19(11)16(20)15-3-2-8-18-15/h4-7,11,13,15,18H,2-3,8-10H2,1H3/t11-,13+,15-/m1/s1. The smallest absolute Gasteiger partial charge is 0.239 e. The number of nitrogens with one attached hydrogen (secondary N) is 1. The number of hydrogen-bond donors (Lipinski definition) is 1. The van der Waals surface area contributed by atoms with E-state index < -0.39 is 0 Å². The highest BCUT2D eigenvalue weighted by Gasteiger charge is 2.36. The molecule has 0 aromatic heterocycles. The van der Waals surface area contributed by atoms with Gasteiger partial charge >= 0.3 is 0 Å². The molecule has 0 radical (unpaired) electrons. The number of rotatable bonds is 2.